The van der Waals surface area contributed by atoms with Crippen molar-refractivity contribution in [3.05, 3.63) is 23.9 Å². The van der Waals surface area contributed by atoms with Crippen molar-refractivity contribution >= 4 is 12.6 Å². The summed E-state index contributed by atoms with van der Waals surface area (Å²) in [4.78, 5) is 4.50. The molecule has 1 aromatic heterocycles. The second-order valence-electron chi connectivity index (χ2n) is 4.81. The van der Waals surface area contributed by atoms with Gasteiger partial charge < -0.3 is 4.57 Å². The van der Waals surface area contributed by atoms with Crippen LogP contribution in [-0.4, -0.2) is 16.3 Å². The van der Waals surface area contributed by atoms with Crippen LogP contribution in [0.5, 0.6) is 0 Å². The second-order valence-corrected chi connectivity index (χ2v) is 8.15. The molecule has 2 aliphatic rings. The molecule has 1 aromatic rings. The van der Waals surface area contributed by atoms with Gasteiger partial charge in [-0.25, -0.2) is 0 Å². The molecule has 2 saturated carbocycles. The summed E-state index contributed by atoms with van der Waals surface area (Å²) in [6.07, 6.45) is 4.62. The molecule has 3 heteroatoms. The lowest BCUT2D eigenvalue weighted by Gasteiger charge is -2.16. The first-order valence-corrected chi connectivity index (χ1v) is 7.59. The van der Waals surface area contributed by atoms with Gasteiger partial charge in [-0.05, 0) is 44.7 Å². The van der Waals surface area contributed by atoms with Gasteiger partial charge in [0.05, 0.1) is 0 Å². The number of hydrogen-bond donors (Lipinski definition) is 0. The van der Waals surface area contributed by atoms with Gasteiger partial charge in [-0.3, -0.25) is 4.98 Å². The van der Waals surface area contributed by atoms with Gasteiger partial charge in [0.15, 0.2) is 0 Å². The SMILES string of the molecule is Cc1cccc(P(=O)(C2CC2)C2CC2)n1. The van der Waals surface area contributed by atoms with Crippen LogP contribution in [0.2, 0.25) is 0 Å². The molecule has 15 heavy (non-hydrogen) atoms. The summed E-state index contributed by atoms with van der Waals surface area (Å²) in [5, 5.41) is 0. The van der Waals surface area contributed by atoms with E-state index in [4.69, 9.17) is 0 Å². The Morgan fingerprint density at radius 1 is 1.20 bits per heavy atom. The first-order valence-electron chi connectivity index (χ1n) is 5.75. The van der Waals surface area contributed by atoms with Crippen molar-refractivity contribution in [2.75, 3.05) is 0 Å². The van der Waals surface area contributed by atoms with Crippen LogP contribution in [0.4, 0.5) is 0 Å². The number of aromatic nitrogens is 1. The molecule has 0 bridgehead atoms. The van der Waals surface area contributed by atoms with Crippen LogP contribution in [-0.2, 0) is 4.57 Å². The van der Waals surface area contributed by atoms with Gasteiger partial charge >= 0.3 is 0 Å². The van der Waals surface area contributed by atoms with E-state index in [9.17, 15) is 4.57 Å². The Morgan fingerprint density at radius 2 is 1.80 bits per heavy atom. The van der Waals surface area contributed by atoms with E-state index in [0.717, 1.165) is 36.8 Å². The summed E-state index contributed by atoms with van der Waals surface area (Å²) in [6.45, 7) is 1.98. The van der Waals surface area contributed by atoms with Crippen molar-refractivity contribution < 1.29 is 4.57 Å². The standard InChI is InChI=1S/C12H16NOP/c1-9-3-2-4-12(13-9)15(14,10-5-6-10)11-7-8-11/h2-4,10-11H,5-8H2,1H3. The molecule has 2 aliphatic carbocycles. The lowest BCUT2D eigenvalue weighted by atomic mass is 10.4. The molecular formula is C12H16NOP. The van der Waals surface area contributed by atoms with Gasteiger partial charge in [0.2, 0.25) is 0 Å². The summed E-state index contributed by atoms with van der Waals surface area (Å²) in [5.41, 5.74) is 2.85. The Hall–Kier alpha value is -0.620. The van der Waals surface area contributed by atoms with Gasteiger partial charge in [0.1, 0.15) is 12.6 Å². The quantitative estimate of drug-likeness (QED) is 0.734. The summed E-state index contributed by atoms with van der Waals surface area (Å²) in [5.74, 6) is 0. The Balaban J connectivity index is 2.05. The van der Waals surface area contributed by atoms with E-state index in [1.165, 1.54) is 0 Å². The fraction of sp³-hybridized carbons (Fsp3) is 0.583. The lowest BCUT2D eigenvalue weighted by Crippen LogP contribution is -2.16. The average Bonchev–Trinajstić information content (AvgIpc) is 3.04. The maximum atomic E-state index is 13.0. The van der Waals surface area contributed by atoms with Crippen molar-refractivity contribution in [3.8, 4) is 0 Å². The summed E-state index contributed by atoms with van der Waals surface area (Å²) < 4.78 is 13.0. The van der Waals surface area contributed by atoms with Crippen molar-refractivity contribution in [2.24, 2.45) is 0 Å². The molecule has 0 unspecified atom stereocenters. The Labute approximate surface area is 90.5 Å². The number of rotatable bonds is 3. The topological polar surface area (TPSA) is 30.0 Å². The number of aryl methyl sites for hydroxylation is 1. The normalized spacial score (nSPS) is 21.7. The Bertz CT molecular complexity index is 419. The molecule has 0 aromatic carbocycles. The van der Waals surface area contributed by atoms with Crippen LogP contribution in [0, 0.1) is 6.92 Å². The van der Waals surface area contributed by atoms with Crippen LogP contribution in [0.1, 0.15) is 31.4 Å². The van der Waals surface area contributed by atoms with Crippen molar-refractivity contribution in [1.29, 1.82) is 0 Å². The maximum absolute atomic E-state index is 13.0. The molecule has 80 valence electrons. The number of pyridine rings is 1. The molecular weight excluding hydrogens is 205 g/mol. The van der Waals surface area contributed by atoms with Crippen LogP contribution in [0.3, 0.4) is 0 Å². The van der Waals surface area contributed by atoms with Crippen molar-refractivity contribution in [3.63, 3.8) is 0 Å². The highest BCUT2D eigenvalue weighted by atomic mass is 31.2. The highest BCUT2D eigenvalue weighted by molar-refractivity contribution is 7.73. The van der Waals surface area contributed by atoms with Gasteiger partial charge in [-0.15, -0.1) is 0 Å². The zero-order valence-corrected chi connectivity index (χ0v) is 9.91. The number of nitrogens with zero attached hydrogens (tertiary/aromatic N) is 1. The molecule has 0 aliphatic heterocycles. The van der Waals surface area contributed by atoms with E-state index >= 15 is 0 Å². The Kier molecular flexibility index (Phi) is 2.04. The van der Waals surface area contributed by atoms with E-state index in [2.05, 4.69) is 4.98 Å². The summed E-state index contributed by atoms with van der Waals surface area (Å²) in [6, 6.07) is 5.95. The predicted molar refractivity (Wildman–Crippen MR) is 62.3 cm³/mol. The molecule has 2 fully saturated rings. The van der Waals surface area contributed by atoms with E-state index in [1.54, 1.807) is 0 Å². The molecule has 1 heterocycles. The van der Waals surface area contributed by atoms with Gasteiger partial charge in [0, 0.05) is 17.0 Å². The minimum absolute atomic E-state index is 0.472. The smallest absolute Gasteiger partial charge is 0.138 e. The molecule has 0 N–H and O–H groups in total. The highest BCUT2D eigenvalue weighted by Crippen LogP contribution is 2.69. The molecule has 0 saturated heterocycles. The summed E-state index contributed by atoms with van der Waals surface area (Å²) in [7, 11) is -2.13. The van der Waals surface area contributed by atoms with E-state index in [-0.39, 0.29) is 0 Å². The largest absolute Gasteiger partial charge is 0.316 e. The highest BCUT2D eigenvalue weighted by Gasteiger charge is 2.52. The van der Waals surface area contributed by atoms with Crippen molar-refractivity contribution in [2.45, 2.75) is 43.9 Å². The number of hydrogen-bond acceptors (Lipinski definition) is 2. The predicted octanol–water partition coefficient (Wildman–Crippen LogP) is 2.70. The third kappa shape index (κ3) is 1.56. The molecule has 0 spiro atoms. The van der Waals surface area contributed by atoms with E-state index in [0.29, 0.717) is 11.3 Å². The molecule has 0 amide bonds. The lowest BCUT2D eigenvalue weighted by molar-refractivity contribution is 0.578. The second kappa shape index (κ2) is 3.18. The minimum atomic E-state index is -2.13. The maximum Gasteiger partial charge on any atom is 0.138 e. The first kappa shape index (κ1) is 9.59. The van der Waals surface area contributed by atoms with Crippen LogP contribution in [0.25, 0.3) is 0 Å². The zero-order chi connectivity index (χ0) is 10.5. The van der Waals surface area contributed by atoms with Crippen LogP contribution >= 0.6 is 7.14 Å². The molecule has 3 rings (SSSR count). The van der Waals surface area contributed by atoms with Gasteiger partial charge in [-0.1, -0.05) is 6.07 Å². The minimum Gasteiger partial charge on any atom is -0.316 e. The average molecular weight is 221 g/mol. The zero-order valence-electron chi connectivity index (χ0n) is 9.02. The fourth-order valence-corrected chi connectivity index (χ4v) is 6.12. The molecule has 0 radical (unpaired) electrons. The summed E-state index contributed by atoms with van der Waals surface area (Å²) >= 11 is 0. The van der Waals surface area contributed by atoms with E-state index in [1.807, 2.05) is 25.1 Å². The van der Waals surface area contributed by atoms with Crippen molar-refractivity contribution in [1.82, 2.24) is 4.98 Å². The third-order valence-corrected chi connectivity index (χ3v) is 7.58. The molecule has 2 nitrogen and oxygen atoms in total. The van der Waals surface area contributed by atoms with Crippen LogP contribution < -0.4 is 5.44 Å². The fourth-order valence-electron chi connectivity index (χ4n) is 2.31. The van der Waals surface area contributed by atoms with Crippen LogP contribution in [0.15, 0.2) is 18.2 Å². The molecule has 0 atom stereocenters. The third-order valence-electron chi connectivity index (χ3n) is 3.41. The first-order chi connectivity index (χ1) is 7.21. The van der Waals surface area contributed by atoms with E-state index < -0.39 is 7.14 Å². The van der Waals surface area contributed by atoms with Gasteiger partial charge in [0.25, 0.3) is 0 Å². The Morgan fingerprint density at radius 3 is 2.27 bits per heavy atom. The monoisotopic (exact) mass is 221 g/mol. The van der Waals surface area contributed by atoms with Gasteiger partial charge in [-0.2, -0.15) is 0 Å².